The van der Waals surface area contributed by atoms with Crippen LogP contribution in [0.15, 0.2) is 60.3 Å². The molecule has 0 aliphatic rings. The molecule has 0 aliphatic heterocycles. The van der Waals surface area contributed by atoms with E-state index in [0.717, 1.165) is 28.4 Å². The maximum atomic E-state index is 11.0. The number of carbonyl (C=O) groups is 3. The molecular weight excluding hydrogens is 520 g/mol. The number of anilines is 4. The Labute approximate surface area is 234 Å². The molecular formula is C28H36N4O8. The molecule has 0 atom stereocenters. The van der Waals surface area contributed by atoms with Gasteiger partial charge in [0.15, 0.2) is 0 Å². The summed E-state index contributed by atoms with van der Waals surface area (Å²) in [6.07, 6.45) is 1.67. The first-order valence-electron chi connectivity index (χ1n) is 11.4. The molecule has 0 saturated carbocycles. The Bertz CT molecular complexity index is 1190. The molecule has 0 bridgehead atoms. The third kappa shape index (κ3) is 18.9. The number of nitrogens with zero attached hydrogens (tertiary/aromatic N) is 2. The van der Waals surface area contributed by atoms with E-state index in [1.54, 1.807) is 0 Å². The molecule has 0 spiro atoms. The third-order valence-electron chi connectivity index (χ3n) is 4.26. The zero-order valence-electron chi connectivity index (χ0n) is 23.9. The van der Waals surface area contributed by atoms with E-state index in [9.17, 15) is 14.4 Å². The lowest BCUT2D eigenvalue weighted by molar-refractivity contribution is -0.191. The lowest BCUT2D eigenvalue weighted by atomic mass is 10.2. The summed E-state index contributed by atoms with van der Waals surface area (Å²) < 4.78 is 12.8. The largest absolute Gasteiger partial charge is 0.466 e. The molecule has 216 valence electrons. The van der Waals surface area contributed by atoms with E-state index >= 15 is 0 Å². The number of carbonyl (C=O) groups excluding carboxylic acids is 5. The maximum Gasteiger partial charge on any atom is 0.384 e. The summed E-state index contributed by atoms with van der Waals surface area (Å²) >= 11 is 0. The fourth-order valence-corrected chi connectivity index (χ4v) is 2.37. The van der Waals surface area contributed by atoms with E-state index < -0.39 is 11.9 Å². The zero-order chi connectivity index (χ0) is 31.1. The fraction of sp³-hybridized carbons (Fsp3) is 0.286. The highest BCUT2D eigenvalue weighted by atomic mass is 16.5. The molecule has 2 aromatic rings. The predicted octanol–water partition coefficient (Wildman–Crippen LogP) is 2.33. The summed E-state index contributed by atoms with van der Waals surface area (Å²) in [5, 5.41) is 3.14. The number of hydrogen-bond acceptors (Lipinski definition) is 12. The van der Waals surface area contributed by atoms with E-state index in [4.69, 9.17) is 15.3 Å². The van der Waals surface area contributed by atoms with E-state index in [1.165, 1.54) is 27.4 Å². The van der Waals surface area contributed by atoms with Crippen molar-refractivity contribution in [2.75, 3.05) is 70.4 Å². The van der Waals surface area contributed by atoms with Crippen molar-refractivity contribution < 1.29 is 38.2 Å². The standard InChI is InChI=1S/C13H18N2O2.C8H12N2.C6H6O4.CO2/c1-10(8-13(16)17-4)14-11-6-5-7-12(9-11)15(2)3;1-10(2)8-5-3-4-7(9)6-8;1-9-5(7)3-4-6(8)10-2;2-1-3/h5-9,14H,1-4H3;3-6H,9H2,1-2H3;1-2H3;/b10-8-;;;. The smallest absolute Gasteiger partial charge is 0.384 e. The van der Waals surface area contributed by atoms with Crippen molar-refractivity contribution in [3.63, 3.8) is 0 Å². The first-order chi connectivity index (χ1) is 18.8. The van der Waals surface area contributed by atoms with Crippen LogP contribution in [0.5, 0.6) is 0 Å². The first-order valence-corrected chi connectivity index (χ1v) is 11.4. The second-order valence-corrected chi connectivity index (χ2v) is 7.73. The van der Waals surface area contributed by atoms with Gasteiger partial charge in [-0.1, -0.05) is 12.1 Å². The second-order valence-electron chi connectivity index (χ2n) is 7.73. The molecule has 3 N–H and O–H groups in total. The average molecular weight is 557 g/mol. The van der Waals surface area contributed by atoms with Crippen LogP contribution in [-0.4, -0.2) is 73.6 Å². The van der Waals surface area contributed by atoms with Crippen LogP contribution in [0, 0.1) is 11.8 Å². The van der Waals surface area contributed by atoms with E-state index in [2.05, 4.69) is 19.5 Å². The van der Waals surface area contributed by atoms with Crippen LogP contribution in [0.1, 0.15) is 6.92 Å². The van der Waals surface area contributed by atoms with E-state index in [1.807, 2.05) is 105 Å². The van der Waals surface area contributed by atoms with Crippen molar-refractivity contribution in [3.05, 3.63) is 60.3 Å². The summed E-state index contributed by atoms with van der Waals surface area (Å²) in [5.74, 6) is 1.91. The molecule has 0 heterocycles. The van der Waals surface area contributed by atoms with E-state index in [-0.39, 0.29) is 12.1 Å². The van der Waals surface area contributed by atoms with Gasteiger partial charge in [0, 0.05) is 74.6 Å². The normalized spacial score (nSPS) is 8.95. The Kier molecular flexibility index (Phi) is 20.1. The van der Waals surface area contributed by atoms with Crippen LogP contribution in [0.4, 0.5) is 22.7 Å². The zero-order valence-corrected chi connectivity index (χ0v) is 23.9. The van der Waals surface area contributed by atoms with Crippen molar-refractivity contribution in [2.24, 2.45) is 0 Å². The summed E-state index contributed by atoms with van der Waals surface area (Å²) in [6, 6.07) is 15.7. The third-order valence-corrected chi connectivity index (χ3v) is 4.26. The Hall–Kier alpha value is -5.27. The SMILES string of the molecule is CN(C)c1cccc(N)c1.COC(=O)/C=C(/C)Nc1cccc(N(C)C)c1.COC(=O)C#CC(=O)OC.O=C=O. The van der Waals surface area contributed by atoms with Gasteiger partial charge >= 0.3 is 24.1 Å². The summed E-state index contributed by atoms with van der Waals surface area (Å²) in [6.45, 7) is 1.82. The quantitative estimate of drug-likeness (QED) is 0.138. The number of nitrogens with one attached hydrogen (secondary N) is 1. The highest BCUT2D eigenvalue weighted by Crippen LogP contribution is 2.18. The van der Waals surface area contributed by atoms with Gasteiger partial charge in [0.05, 0.1) is 21.3 Å². The van der Waals surface area contributed by atoms with Gasteiger partial charge in [0.2, 0.25) is 0 Å². The Morgan fingerprint density at radius 1 is 0.800 bits per heavy atom. The molecule has 0 saturated heterocycles. The van der Waals surface area contributed by atoms with Crippen LogP contribution in [0.2, 0.25) is 0 Å². The van der Waals surface area contributed by atoms with Gasteiger partial charge in [0.25, 0.3) is 0 Å². The first kappa shape index (κ1) is 36.9. The minimum absolute atomic E-state index is 0.250. The van der Waals surface area contributed by atoms with Gasteiger partial charge in [-0.15, -0.1) is 0 Å². The summed E-state index contributed by atoms with van der Waals surface area (Å²) in [7, 11) is 11.7. The Morgan fingerprint density at radius 3 is 1.62 bits per heavy atom. The maximum absolute atomic E-state index is 11.0. The van der Waals surface area contributed by atoms with Gasteiger partial charge in [-0.3, -0.25) is 0 Å². The summed E-state index contributed by atoms with van der Waals surface area (Å²) in [5.41, 5.74) is 10.3. The Balaban J connectivity index is 0. The van der Waals surface area contributed by atoms with Crippen molar-refractivity contribution in [1.82, 2.24) is 0 Å². The molecule has 2 aromatic carbocycles. The number of ether oxygens (including phenoxy) is 3. The average Bonchev–Trinajstić information content (AvgIpc) is 2.92. The van der Waals surface area contributed by atoms with Gasteiger partial charge in [0.1, 0.15) is 0 Å². The van der Waals surface area contributed by atoms with E-state index in [0.29, 0.717) is 0 Å². The lowest BCUT2D eigenvalue weighted by Gasteiger charge is -2.14. The molecule has 0 aromatic heterocycles. The molecule has 40 heavy (non-hydrogen) atoms. The van der Waals surface area contributed by atoms with Gasteiger partial charge in [-0.2, -0.15) is 9.59 Å². The number of hydrogen-bond donors (Lipinski definition) is 2. The highest BCUT2D eigenvalue weighted by molar-refractivity contribution is 5.98. The van der Waals surface area contributed by atoms with Crippen molar-refractivity contribution in [3.8, 4) is 11.8 Å². The molecule has 0 unspecified atom stereocenters. The van der Waals surface area contributed by atoms with Crippen molar-refractivity contribution in [1.29, 1.82) is 0 Å². The number of rotatable bonds is 5. The highest BCUT2D eigenvalue weighted by Gasteiger charge is 2.00. The van der Waals surface area contributed by atoms with Crippen LogP contribution < -0.4 is 20.9 Å². The number of nitrogens with two attached hydrogens (primary N) is 1. The topological polar surface area (TPSA) is 158 Å². The van der Waals surface area contributed by atoms with Crippen LogP contribution >= 0.6 is 0 Å². The molecule has 2 rings (SSSR count). The number of nitrogen functional groups attached to an aromatic ring is 1. The number of benzene rings is 2. The molecule has 0 fully saturated rings. The Morgan fingerprint density at radius 2 is 1.25 bits per heavy atom. The van der Waals surface area contributed by atoms with Crippen molar-refractivity contribution in [2.45, 2.75) is 6.92 Å². The summed E-state index contributed by atoms with van der Waals surface area (Å²) in [4.78, 5) is 51.8. The van der Waals surface area contributed by atoms with Gasteiger partial charge in [-0.25, -0.2) is 14.4 Å². The number of allylic oxidation sites excluding steroid dienone is 1. The van der Waals surface area contributed by atoms with Crippen LogP contribution in [0.25, 0.3) is 0 Å². The van der Waals surface area contributed by atoms with Crippen molar-refractivity contribution >= 4 is 46.8 Å². The van der Waals surface area contributed by atoms with Gasteiger partial charge in [-0.05, 0) is 43.3 Å². The molecule has 12 nitrogen and oxygen atoms in total. The number of esters is 3. The lowest BCUT2D eigenvalue weighted by Crippen LogP contribution is -2.09. The molecule has 0 radical (unpaired) electrons. The molecule has 0 amide bonds. The van der Waals surface area contributed by atoms with Gasteiger partial charge < -0.3 is 35.1 Å². The molecule has 12 heteroatoms. The molecule has 0 aliphatic carbocycles. The fourth-order valence-electron chi connectivity index (χ4n) is 2.37. The monoisotopic (exact) mass is 556 g/mol. The second kappa shape index (κ2) is 21.8. The minimum atomic E-state index is -0.759. The predicted molar refractivity (Wildman–Crippen MR) is 152 cm³/mol. The van der Waals surface area contributed by atoms with Crippen LogP contribution in [0.3, 0.4) is 0 Å². The number of methoxy groups -OCH3 is 3. The van der Waals surface area contributed by atoms with Crippen LogP contribution in [-0.2, 0) is 38.2 Å². The minimum Gasteiger partial charge on any atom is -0.466 e.